The number of benzene rings is 4. The molecular formula is C39H46NS+. The minimum absolute atomic E-state index is 0.187. The molecule has 0 radical (unpaired) electrons. The molecule has 0 saturated heterocycles. The van der Waals surface area contributed by atoms with Gasteiger partial charge in [-0.15, -0.1) is 0 Å². The average Bonchev–Trinajstić information content (AvgIpc) is 2.86. The smallest absolute Gasteiger partial charge is 0.200 e. The fraction of sp³-hybridized carbons (Fsp3) is 0.410. The van der Waals surface area contributed by atoms with E-state index in [1.807, 2.05) is 11.8 Å². The highest BCUT2D eigenvalue weighted by atomic mass is 32.2. The van der Waals surface area contributed by atoms with Crippen molar-refractivity contribution in [2.24, 2.45) is 23.8 Å². The van der Waals surface area contributed by atoms with Gasteiger partial charge in [-0.05, 0) is 92.8 Å². The summed E-state index contributed by atoms with van der Waals surface area (Å²) >= 11 is 2.02. The predicted molar refractivity (Wildman–Crippen MR) is 179 cm³/mol. The van der Waals surface area contributed by atoms with Crippen molar-refractivity contribution >= 4 is 44.1 Å². The molecule has 1 aromatic heterocycles. The molecule has 0 bridgehead atoms. The Hall–Kier alpha value is -2.84. The molecule has 2 heteroatoms. The fourth-order valence-corrected chi connectivity index (χ4v) is 8.42. The molecule has 2 heterocycles. The summed E-state index contributed by atoms with van der Waals surface area (Å²) < 4.78 is 2.39. The highest BCUT2D eigenvalue weighted by Gasteiger charge is 2.33. The second-order valence-electron chi connectivity index (χ2n) is 15.3. The summed E-state index contributed by atoms with van der Waals surface area (Å²) in [5, 5.41) is 8.47. The molecule has 0 amide bonds. The summed E-state index contributed by atoms with van der Waals surface area (Å²) in [4.78, 5) is 2.85. The second-order valence-corrected chi connectivity index (χ2v) is 16.4. The number of aromatic nitrogens is 1. The summed E-state index contributed by atoms with van der Waals surface area (Å²) in [5.74, 6) is 0.643. The number of hydrogen-bond donors (Lipinski definition) is 0. The molecule has 0 unspecified atom stereocenters. The Morgan fingerprint density at radius 1 is 0.805 bits per heavy atom. The van der Waals surface area contributed by atoms with Crippen molar-refractivity contribution in [2.75, 3.05) is 0 Å². The van der Waals surface area contributed by atoms with E-state index in [1.165, 1.54) is 75.6 Å². The maximum atomic E-state index is 2.50. The number of nitrogens with zero attached hydrogens (tertiary/aromatic N) is 1. The first-order valence-electron chi connectivity index (χ1n) is 15.3. The first kappa shape index (κ1) is 28.3. The molecule has 0 aliphatic carbocycles. The Morgan fingerprint density at radius 3 is 2.22 bits per heavy atom. The van der Waals surface area contributed by atoms with Crippen molar-refractivity contribution in [3.63, 3.8) is 0 Å². The van der Waals surface area contributed by atoms with Gasteiger partial charge in [0, 0.05) is 21.2 Å². The van der Waals surface area contributed by atoms with E-state index in [9.17, 15) is 0 Å². The quantitative estimate of drug-likeness (QED) is 0.153. The van der Waals surface area contributed by atoms with Crippen molar-refractivity contribution in [3.8, 4) is 11.3 Å². The third-order valence-corrected chi connectivity index (χ3v) is 9.72. The highest BCUT2D eigenvalue weighted by Crippen LogP contribution is 2.54. The lowest BCUT2D eigenvalue weighted by atomic mass is 9.82. The Bertz CT molecular complexity index is 1840. The first-order valence-corrected chi connectivity index (χ1v) is 16.2. The first-order chi connectivity index (χ1) is 19.2. The van der Waals surface area contributed by atoms with Gasteiger partial charge in [-0.1, -0.05) is 104 Å². The third-order valence-electron chi connectivity index (χ3n) is 8.52. The number of hydrogen-bond acceptors (Lipinski definition) is 1. The lowest BCUT2D eigenvalue weighted by Crippen LogP contribution is -2.32. The van der Waals surface area contributed by atoms with Crippen LogP contribution in [0.1, 0.15) is 77.6 Å². The molecule has 0 spiro atoms. The largest absolute Gasteiger partial charge is 0.222 e. The monoisotopic (exact) mass is 560 g/mol. The van der Waals surface area contributed by atoms with E-state index in [0.717, 1.165) is 19.3 Å². The van der Waals surface area contributed by atoms with Crippen LogP contribution < -0.4 is 4.57 Å². The van der Waals surface area contributed by atoms with Crippen molar-refractivity contribution < 1.29 is 4.57 Å². The second kappa shape index (κ2) is 9.87. The molecule has 1 aliphatic heterocycles. The van der Waals surface area contributed by atoms with Gasteiger partial charge in [0.2, 0.25) is 5.69 Å². The van der Waals surface area contributed by atoms with Crippen molar-refractivity contribution in [2.45, 2.75) is 91.4 Å². The Morgan fingerprint density at radius 2 is 1.54 bits per heavy atom. The minimum atomic E-state index is 0.187. The molecule has 6 rings (SSSR count). The van der Waals surface area contributed by atoms with Crippen LogP contribution in [-0.2, 0) is 26.3 Å². The minimum Gasteiger partial charge on any atom is -0.200 e. The summed E-state index contributed by atoms with van der Waals surface area (Å²) in [6.45, 7) is 21.2. The summed E-state index contributed by atoms with van der Waals surface area (Å²) in [6.07, 6.45) is 5.54. The molecule has 41 heavy (non-hydrogen) atoms. The van der Waals surface area contributed by atoms with Crippen molar-refractivity contribution in [1.82, 2.24) is 0 Å². The van der Waals surface area contributed by atoms with Crippen LogP contribution in [0.3, 0.4) is 0 Å². The van der Waals surface area contributed by atoms with Gasteiger partial charge in [0.05, 0.1) is 10.9 Å². The van der Waals surface area contributed by atoms with Crippen LogP contribution >= 0.6 is 11.8 Å². The van der Waals surface area contributed by atoms with Crippen LogP contribution in [-0.4, -0.2) is 0 Å². The van der Waals surface area contributed by atoms with Crippen LogP contribution in [0.4, 0.5) is 0 Å². The highest BCUT2D eigenvalue weighted by molar-refractivity contribution is 8.00. The molecule has 1 aliphatic rings. The van der Waals surface area contributed by atoms with Gasteiger partial charge >= 0.3 is 0 Å². The molecule has 212 valence electrons. The van der Waals surface area contributed by atoms with Gasteiger partial charge in [0.15, 0.2) is 6.20 Å². The van der Waals surface area contributed by atoms with Crippen molar-refractivity contribution in [3.05, 3.63) is 77.0 Å². The molecule has 0 atom stereocenters. The zero-order chi connectivity index (χ0) is 29.4. The topological polar surface area (TPSA) is 3.88 Å². The van der Waals surface area contributed by atoms with E-state index in [2.05, 4.69) is 129 Å². The lowest BCUT2D eigenvalue weighted by Gasteiger charge is -2.28. The number of pyridine rings is 1. The zero-order valence-electron chi connectivity index (χ0n) is 26.8. The molecule has 1 nitrogen and oxygen atoms in total. The Balaban J connectivity index is 1.74. The zero-order valence-corrected chi connectivity index (χ0v) is 27.6. The van der Waals surface area contributed by atoms with Gasteiger partial charge in [0.1, 0.15) is 7.05 Å². The van der Waals surface area contributed by atoms with Crippen LogP contribution in [0.5, 0.6) is 0 Å². The lowest BCUT2D eigenvalue weighted by molar-refractivity contribution is -0.659. The summed E-state index contributed by atoms with van der Waals surface area (Å²) in [5.41, 5.74) is 9.07. The molecule has 0 fully saturated rings. The van der Waals surface area contributed by atoms with Crippen LogP contribution in [0, 0.1) is 23.7 Å². The van der Waals surface area contributed by atoms with E-state index in [0.29, 0.717) is 5.92 Å². The van der Waals surface area contributed by atoms with E-state index in [1.54, 1.807) is 0 Å². The van der Waals surface area contributed by atoms with Gasteiger partial charge in [-0.25, -0.2) is 4.57 Å². The van der Waals surface area contributed by atoms with E-state index in [4.69, 9.17) is 0 Å². The summed E-state index contributed by atoms with van der Waals surface area (Å²) in [7, 11) is 2.24. The Labute approximate surface area is 251 Å². The third kappa shape index (κ3) is 5.07. The van der Waals surface area contributed by atoms with E-state index >= 15 is 0 Å². The Kier molecular flexibility index (Phi) is 6.81. The van der Waals surface area contributed by atoms with Gasteiger partial charge in [-0.3, -0.25) is 0 Å². The van der Waals surface area contributed by atoms with Crippen molar-refractivity contribution in [1.29, 1.82) is 0 Å². The fourth-order valence-electron chi connectivity index (χ4n) is 7.04. The van der Waals surface area contributed by atoms with E-state index < -0.39 is 0 Å². The SMILES string of the molecule is Cc1c2c(c(CC(C)(C)C)c3ccc(CC(C)C)cc13)Sc1cc3cccc(CC(C)(C)C)c3c3cc[n+](C)c-2c13. The van der Waals surface area contributed by atoms with Crippen LogP contribution in [0.15, 0.2) is 64.5 Å². The number of fused-ring (bicyclic) bond motifs is 5. The molecule has 0 N–H and O–H groups in total. The number of rotatable bonds is 4. The van der Waals surface area contributed by atoms with E-state index in [-0.39, 0.29) is 10.8 Å². The maximum absolute atomic E-state index is 2.50. The van der Waals surface area contributed by atoms with Crippen LogP contribution in [0.2, 0.25) is 0 Å². The standard InChI is InChI=1S/C39H46NS/c1-23(2)18-25-14-15-28-30(19-25)24(3)33-36-35-29(16-17-40(36)10)34-26(12-11-13-27(34)21-38(4,5)6)20-32(35)41-37(33)31(28)22-39(7,8)9/h11-17,19-20,23H,18,21-22H2,1-10H3/q+1. The normalized spacial score (nSPS) is 13.5. The molecule has 0 saturated carbocycles. The molecular weight excluding hydrogens is 515 g/mol. The number of aryl methyl sites for hydroxylation is 2. The van der Waals surface area contributed by atoms with Crippen LogP contribution in [0.25, 0.3) is 43.6 Å². The van der Waals surface area contributed by atoms with Gasteiger partial charge in [0.25, 0.3) is 0 Å². The van der Waals surface area contributed by atoms with Gasteiger partial charge in [-0.2, -0.15) is 0 Å². The molecule has 5 aromatic rings. The molecule has 4 aromatic carbocycles. The maximum Gasteiger partial charge on any atom is 0.222 e. The average molecular weight is 561 g/mol. The van der Waals surface area contributed by atoms with Gasteiger partial charge < -0.3 is 0 Å². The summed E-state index contributed by atoms with van der Waals surface area (Å²) in [6, 6.07) is 19.1. The predicted octanol–water partition coefficient (Wildman–Crippen LogP) is 10.8.